The normalized spacial score (nSPS) is 15.2. The van der Waals surface area contributed by atoms with Gasteiger partial charge in [-0.2, -0.15) is 0 Å². The van der Waals surface area contributed by atoms with Crippen molar-refractivity contribution in [2.75, 3.05) is 29.6 Å². The zero-order chi connectivity index (χ0) is 23.1. The van der Waals surface area contributed by atoms with Crippen molar-refractivity contribution in [3.63, 3.8) is 0 Å². The second-order valence-electron chi connectivity index (χ2n) is 8.31. The molecule has 1 amide bonds. The van der Waals surface area contributed by atoms with Crippen LogP contribution >= 0.6 is 11.6 Å². The van der Waals surface area contributed by atoms with Crippen LogP contribution in [0.3, 0.4) is 0 Å². The molecule has 4 aromatic rings. The van der Waals surface area contributed by atoms with Crippen LogP contribution in [0.2, 0.25) is 5.02 Å². The van der Waals surface area contributed by atoms with Gasteiger partial charge in [0.15, 0.2) is 0 Å². The maximum absolute atomic E-state index is 13.6. The molecule has 0 saturated heterocycles. The second-order valence-corrected chi connectivity index (χ2v) is 8.74. The van der Waals surface area contributed by atoms with Crippen LogP contribution in [0.15, 0.2) is 84.1 Å². The first-order valence-corrected chi connectivity index (χ1v) is 11.1. The summed E-state index contributed by atoms with van der Waals surface area (Å²) in [6, 6.07) is 23.0. The van der Waals surface area contributed by atoms with Crippen LogP contribution in [0.1, 0.15) is 18.5 Å². The molecule has 0 unspecified atom stereocenters. The van der Waals surface area contributed by atoms with E-state index in [0.29, 0.717) is 16.3 Å². The van der Waals surface area contributed by atoms with Crippen LogP contribution in [0.5, 0.6) is 0 Å². The van der Waals surface area contributed by atoms with E-state index in [1.54, 1.807) is 24.3 Å². The molecule has 6 nitrogen and oxygen atoms in total. The van der Waals surface area contributed by atoms with Crippen LogP contribution in [0, 0.1) is 0 Å². The van der Waals surface area contributed by atoms with Gasteiger partial charge >= 0.3 is 0 Å². The molecule has 1 aliphatic rings. The van der Waals surface area contributed by atoms with Crippen molar-refractivity contribution < 1.29 is 4.79 Å². The second kappa shape index (κ2) is 8.30. The smallest absolute Gasteiger partial charge is 0.255 e. The molecular weight excluding hydrogens is 434 g/mol. The maximum Gasteiger partial charge on any atom is 0.255 e. The number of fused-ring (bicyclic) bond motifs is 3. The summed E-state index contributed by atoms with van der Waals surface area (Å²) in [5, 5.41) is 7.00. The lowest BCUT2D eigenvalue weighted by Crippen LogP contribution is -2.31. The molecule has 166 valence electrons. The number of aromatic nitrogens is 2. The fourth-order valence-electron chi connectivity index (χ4n) is 4.26. The molecule has 1 aromatic heterocycles. The number of carbonyl (C=O) groups is 1. The summed E-state index contributed by atoms with van der Waals surface area (Å²) in [5.41, 5.74) is 6.04. The molecule has 33 heavy (non-hydrogen) atoms. The molecule has 2 heterocycles. The molecule has 0 saturated carbocycles. The lowest BCUT2D eigenvalue weighted by Gasteiger charge is -2.31. The number of anilines is 3. The molecule has 1 atom stereocenters. The number of nitrogens with zero attached hydrogens (tertiary/aromatic N) is 3. The fraction of sp³-hybridized carbons (Fsp3) is 0.154. The number of nitrogens with one attached hydrogen (secondary N) is 2. The summed E-state index contributed by atoms with van der Waals surface area (Å²) >= 11 is 6.01. The highest BCUT2D eigenvalue weighted by Gasteiger charge is 2.34. The van der Waals surface area contributed by atoms with Crippen molar-refractivity contribution in [2.45, 2.75) is 13.0 Å². The standard InChI is InChI=1S/C26H24ClN5O/c1-16-23(25(33)29-19-12-10-18(27)11-13-19)24(17-8-14-20(15-9-17)31(2)3)32-22-7-5-4-6-21(22)30-26(32)28-16/h4-15,24H,1-3H3,(H,28,30)(H,29,33)/t24-/m1/s1. The van der Waals surface area contributed by atoms with Crippen molar-refractivity contribution in [3.8, 4) is 0 Å². The molecule has 7 heteroatoms. The van der Waals surface area contributed by atoms with Gasteiger partial charge in [0, 0.05) is 36.2 Å². The van der Waals surface area contributed by atoms with Crippen LogP contribution in [0.4, 0.5) is 17.3 Å². The summed E-state index contributed by atoms with van der Waals surface area (Å²) in [6.45, 7) is 1.92. The molecule has 0 spiro atoms. The first-order valence-electron chi connectivity index (χ1n) is 10.7. The minimum Gasteiger partial charge on any atom is -0.378 e. The number of para-hydroxylation sites is 2. The number of hydrogen-bond donors (Lipinski definition) is 2. The molecular formula is C26H24ClN5O. The molecule has 5 rings (SSSR count). The predicted octanol–water partition coefficient (Wildman–Crippen LogP) is 5.68. The summed E-state index contributed by atoms with van der Waals surface area (Å²) in [5.74, 6) is 0.547. The Balaban J connectivity index is 1.64. The van der Waals surface area contributed by atoms with E-state index in [1.807, 2.05) is 45.3 Å². The zero-order valence-electron chi connectivity index (χ0n) is 18.6. The molecule has 0 aliphatic carbocycles. The van der Waals surface area contributed by atoms with E-state index in [1.165, 1.54) is 0 Å². The highest BCUT2D eigenvalue weighted by molar-refractivity contribution is 6.30. The maximum atomic E-state index is 13.6. The number of benzene rings is 3. The van der Waals surface area contributed by atoms with Crippen LogP contribution in [0.25, 0.3) is 11.0 Å². The van der Waals surface area contributed by atoms with E-state index in [0.717, 1.165) is 33.9 Å². The van der Waals surface area contributed by atoms with Gasteiger partial charge in [0.05, 0.1) is 22.6 Å². The largest absolute Gasteiger partial charge is 0.378 e. The van der Waals surface area contributed by atoms with Gasteiger partial charge in [-0.3, -0.25) is 9.36 Å². The number of amides is 1. The Morgan fingerprint density at radius 3 is 2.42 bits per heavy atom. The number of allylic oxidation sites excluding steroid dienone is 1. The van der Waals surface area contributed by atoms with E-state index in [-0.39, 0.29) is 11.9 Å². The van der Waals surface area contributed by atoms with Gasteiger partial charge in [-0.25, -0.2) is 4.98 Å². The Bertz CT molecular complexity index is 1370. The summed E-state index contributed by atoms with van der Waals surface area (Å²) in [4.78, 5) is 20.4. The van der Waals surface area contributed by atoms with Gasteiger partial charge in [-0.1, -0.05) is 35.9 Å². The first-order chi connectivity index (χ1) is 15.9. The van der Waals surface area contributed by atoms with Crippen LogP contribution < -0.4 is 15.5 Å². The summed E-state index contributed by atoms with van der Waals surface area (Å²) in [7, 11) is 4.02. The third-order valence-electron chi connectivity index (χ3n) is 5.90. The molecule has 1 aliphatic heterocycles. The van der Waals surface area contributed by atoms with Gasteiger partial charge in [-0.15, -0.1) is 0 Å². The van der Waals surface area contributed by atoms with E-state index < -0.39 is 0 Å². The van der Waals surface area contributed by atoms with Crippen molar-refractivity contribution in [3.05, 3.63) is 94.7 Å². The van der Waals surface area contributed by atoms with Gasteiger partial charge in [0.2, 0.25) is 5.95 Å². The third kappa shape index (κ3) is 3.83. The Hall–Kier alpha value is -3.77. The Kier molecular flexibility index (Phi) is 5.30. The minimum atomic E-state index is -0.336. The quantitative estimate of drug-likeness (QED) is 0.413. The van der Waals surface area contributed by atoms with E-state index in [4.69, 9.17) is 16.6 Å². The highest BCUT2D eigenvalue weighted by atomic mass is 35.5. The molecule has 2 N–H and O–H groups in total. The van der Waals surface area contributed by atoms with E-state index in [9.17, 15) is 4.79 Å². The lowest BCUT2D eigenvalue weighted by molar-refractivity contribution is -0.113. The van der Waals surface area contributed by atoms with Crippen molar-refractivity contribution in [1.82, 2.24) is 9.55 Å². The number of hydrogen-bond acceptors (Lipinski definition) is 4. The van der Waals surface area contributed by atoms with E-state index in [2.05, 4.69) is 44.4 Å². The lowest BCUT2D eigenvalue weighted by atomic mass is 9.94. The Morgan fingerprint density at radius 1 is 1.03 bits per heavy atom. The van der Waals surface area contributed by atoms with Gasteiger partial charge in [-0.05, 0) is 61.0 Å². The average Bonchev–Trinajstić information content (AvgIpc) is 3.17. The number of carbonyl (C=O) groups excluding carboxylic acids is 1. The SMILES string of the molecule is CC1=C(C(=O)Nc2ccc(Cl)cc2)[C@@H](c2ccc(N(C)C)cc2)n2c(nc3ccccc32)N1. The highest BCUT2D eigenvalue weighted by Crippen LogP contribution is 2.39. The number of imidazole rings is 1. The first kappa shape index (κ1) is 21.1. The third-order valence-corrected chi connectivity index (χ3v) is 6.15. The summed E-state index contributed by atoms with van der Waals surface area (Å²) < 4.78 is 2.10. The molecule has 3 aromatic carbocycles. The average molecular weight is 458 g/mol. The Morgan fingerprint density at radius 2 is 1.73 bits per heavy atom. The van der Waals surface area contributed by atoms with Crippen molar-refractivity contribution in [1.29, 1.82) is 0 Å². The fourth-order valence-corrected chi connectivity index (χ4v) is 4.39. The topological polar surface area (TPSA) is 62.2 Å². The van der Waals surface area contributed by atoms with Crippen LogP contribution in [-0.4, -0.2) is 29.6 Å². The Labute approximate surface area is 197 Å². The van der Waals surface area contributed by atoms with Gasteiger partial charge in [0.1, 0.15) is 0 Å². The van der Waals surface area contributed by atoms with Gasteiger partial charge in [0.25, 0.3) is 5.91 Å². The molecule has 0 fully saturated rings. The zero-order valence-corrected chi connectivity index (χ0v) is 19.4. The van der Waals surface area contributed by atoms with Crippen molar-refractivity contribution >= 4 is 45.9 Å². The monoisotopic (exact) mass is 457 g/mol. The number of halogens is 1. The van der Waals surface area contributed by atoms with Crippen molar-refractivity contribution in [2.24, 2.45) is 0 Å². The predicted molar refractivity (Wildman–Crippen MR) is 135 cm³/mol. The van der Waals surface area contributed by atoms with E-state index >= 15 is 0 Å². The summed E-state index contributed by atoms with van der Waals surface area (Å²) in [6.07, 6.45) is 0. The molecule has 0 radical (unpaired) electrons. The number of rotatable bonds is 4. The van der Waals surface area contributed by atoms with Gasteiger partial charge < -0.3 is 15.5 Å². The molecule has 0 bridgehead atoms. The minimum absolute atomic E-state index is 0.174. The van der Waals surface area contributed by atoms with Crippen LogP contribution in [-0.2, 0) is 4.79 Å².